The summed E-state index contributed by atoms with van der Waals surface area (Å²) in [6.07, 6.45) is 6.25. The number of carbonyl (C=O) groups excluding carboxylic acids is 1. The van der Waals surface area contributed by atoms with Gasteiger partial charge in [-0.05, 0) is 42.7 Å². The lowest BCUT2D eigenvalue weighted by Crippen LogP contribution is -2.58. The summed E-state index contributed by atoms with van der Waals surface area (Å²) < 4.78 is 0. The molecule has 1 saturated heterocycles. The molecule has 1 amide bonds. The van der Waals surface area contributed by atoms with E-state index in [-0.39, 0.29) is 5.91 Å². The Labute approximate surface area is 151 Å². The van der Waals surface area contributed by atoms with Crippen molar-refractivity contribution in [3.8, 4) is 0 Å². The SMILES string of the molecule is CC(C)c1ccc(CN2CCCC(O)(CNC3CCCC3)C2=O)cc1. The van der Waals surface area contributed by atoms with Gasteiger partial charge >= 0.3 is 0 Å². The van der Waals surface area contributed by atoms with Crippen LogP contribution in [0.25, 0.3) is 0 Å². The van der Waals surface area contributed by atoms with Gasteiger partial charge in [-0.2, -0.15) is 0 Å². The molecular weight excluding hydrogens is 312 g/mol. The minimum atomic E-state index is -1.24. The zero-order chi connectivity index (χ0) is 17.9. The van der Waals surface area contributed by atoms with Gasteiger partial charge in [0.25, 0.3) is 5.91 Å². The van der Waals surface area contributed by atoms with Gasteiger partial charge in [0.1, 0.15) is 0 Å². The molecule has 0 bridgehead atoms. The van der Waals surface area contributed by atoms with Crippen LogP contribution < -0.4 is 5.32 Å². The molecule has 1 aromatic carbocycles. The Balaban J connectivity index is 1.60. The number of benzene rings is 1. The van der Waals surface area contributed by atoms with Crippen LogP contribution in [-0.4, -0.2) is 40.6 Å². The highest BCUT2D eigenvalue weighted by Crippen LogP contribution is 2.26. The van der Waals surface area contributed by atoms with Gasteiger partial charge in [-0.3, -0.25) is 4.79 Å². The molecule has 4 heteroatoms. The van der Waals surface area contributed by atoms with Crippen LogP contribution in [0.2, 0.25) is 0 Å². The van der Waals surface area contributed by atoms with Crippen LogP contribution in [0.3, 0.4) is 0 Å². The number of hydrogen-bond donors (Lipinski definition) is 2. The number of nitrogens with zero attached hydrogens (tertiary/aromatic N) is 1. The number of likely N-dealkylation sites (tertiary alicyclic amines) is 1. The Morgan fingerprint density at radius 3 is 2.52 bits per heavy atom. The highest BCUT2D eigenvalue weighted by Gasteiger charge is 2.42. The van der Waals surface area contributed by atoms with Crippen LogP contribution >= 0.6 is 0 Å². The maximum atomic E-state index is 12.9. The van der Waals surface area contributed by atoms with Crippen molar-refractivity contribution in [1.82, 2.24) is 10.2 Å². The molecule has 25 heavy (non-hydrogen) atoms. The summed E-state index contributed by atoms with van der Waals surface area (Å²) in [4.78, 5) is 14.7. The maximum absolute atomic E-state index is 12.9. The monoisotopic (exact) mass is 344 g/mol. The smallest absolute Gasteiger partial charge is 0.256 e. The van der Waals surface area contributed by atoms with E-state index in [4.69, 9.17) is 0 Å². The first-order valence-corrected chi connectivity index (χ1v) is 9.82. The summed E-state index contributed by atoms with van der Waals surface area (Å²) in [7, 11) is 0. The summed E-state index contributed by atoms with van der Waals surface area (Å²) in [6.45, 7) is 6.07. The summed E-state index contributed by atoms with van der Waals surface area (Å²) in [5.74, 6) is 0.398. The Morgan fingerprint density at radius 1 is 1.20 bits per heavy atom. The lowest BCUT2D eigenvalue weighted by Gasteiger charge is -2.39. The fraction of sp³-hybridized carbons (Fsp3) is 0.667. The van der Waals surface area contributed by atoms with E-state index >= 15 is 0 Å². The zero-order valence-electron chi connectivity index (χ0n) is 15.6. The summed E-state index contributed by atoms with van der Waals surface area (Å²) in [5.41, 5.74) is 1.20. The molecule has 1 saturated carbocycles. The van der Waals surface area contributed by atoms with Crippen molar-refractivity contribution >= 4 is 5.91 Å². The second-order valence-corrected chi connectivity index (χ2v) is 8.12. The van der Waals surface area contributed by atoms with E-state index in [0.29, 0.717) is 31.5 Å². The first-order chi connectivity index (χ1) is 12.0. The standard InChI is InChI=1S/C21H32N2O2/c1-16(2)18-10-8-17(9-11-18)14-23-13-5-12-21(25,20(23)24)15-22-19-6-3-4-7-19/h8-11,16,19,22,25H,3-7,12-15H2,1-2H3. The van der Waals surface area contributed by atoms with Crippen molar-refractivity contribution in [3.05, 3.63) is 35.4 Å². The molecule has 1 unspecified atom stereocenters. The van der Waals surface area contributed by atoms with Crippen molar-refractivity contribution in [1.29, 1.82) is 0 Å². The van der Waals surface area contributed by atoms with E-state index < -0.39 is 5.60 Å². The molecule has 1 aliphatic heterocycles. The molecule has 3 rings (SSSR count). The molecule has 2 aliphatic rings. The minimum absolute atomic E-state index is 0.114. The number of amides is 1. The normalized spacial score (nSPS) is 25.1. The molecule has 1 heterocycles. The lowest BCUT2D eigenvalue weighted by molar-refractivity contribution is -0.157. The van der Waals surface area contributed by atoms with Crippen LogP contribution in [-0.2, 0) is 11.3 Å². The highest BCUT2D eigenvalue weighted by molar-refractivity contribution is 5.86. The molecule has 1 atom stereocenters. The molecule has 2 fully saturated rings. The van der Waals surface area contributed by atoms with Gasteiger partial charge in [0.2, 0.25) is 0 Å². The third kappa shape index (κ3) is 4.42. The third-order valence-corrected chi connectivity index (χ3v) is 5.76. The quantitative estimate of drug-likeness (QED) is 0.833. The fourth-order valence-electron chi connectivity index (χ4n) is 4.05. The number of nitrogens with one attached hydrogen (secondary N) is 1. The van der Waals surface area contributed by atoms with Crippen LogP contribution in [0.1, 0.15) is 69.4 Å². The number of carbonyl (C=O) groups is 1. The molecule has 0 radical (unpaired) electrons. The van der Waals surface area contributed by atoms with Crippen LogP contribution in [0, 0.1) is 0 Å². The average Bonchev–Trinajstić information content (AvgIpc) is 3.12. The number of hydrogen-bond acceptors (Lipinski definition) is 3. The third-order valence-electron chi connectivity index (χ3n) is 5.76. The van der Waals surface area contributed by atoms with Gasteiger partial charge in [0.15, 0.2) is 5.60 Å². The molecule has 1 aliphatic carbocycles. The molecule has 2 N–H and O–H groups in total. The largest absolute Gasteiger partial charge is 0.379 e. The van der Waals surface area contributed by atoms with E-state index in [2.05, 4.69) is 43.4 Å². The first kappa shape index (κ1) is 18.4. The Morgan fingerprint density at radius 2 is 1.88 bits per heavy atom. The molecule has 1 aromatic rings. The van der Waals surface area contributed by atoms with E-state index in [1.807, 2.05) is 4.90 Å². The van der Waals surface area contributed by atoms with Crippen LogP contribution in [0.4, 0.5) is 0 Å². The van der Waals surface area contributed by atoms with Crippen molar-refractivity contribution in [2.75, 3.05) is 13.1 Å². The van der Waals surface area contributed by atoms with E-state index in [0.717, 1.165) is 31.4 Å². The van der Waals surface area contributed by atoms with Gasteiger partial charge in [0, 0.05) is 25.7 Å². The van der Waals surface area contributed by atoms with Gasteiger partial charge in [0.05, 0.1) is 0 Å². The number of rotatable bonds is 6. The second-order valence-electron chi connectivity index (χ2n) is 8.12. The summed E-state index contributed by atoms with van der Waals surface area (Å²) in [5, 5.41) is 14.3. The van der Waals surface area contributed by atoms with Crippen LogP contribution in [0.5, 0.6) is 0 Å². The molecule has 138 valence electrons. The van der Waals surface area contributed by atoms with Crippen LogP contribution in [0.15, 0.2) is 24.3 Å². The topological polar surface area (TPSA) is 52.6 Å². The van der Waals surface area contributed by atoms with E-state index in [1.165, 1.54) is 18.4 Å². The second kappa shape index (κ2) is 7.88. The molecular formula is C21H32N2O2. The van der Waals surface area contributed by atoms with E-state index in [1.54, 1.807) is 0 Å². The molecule has 0 aromatic heterocycles. The summed E-state index contributed by atoms with van der Waals surface area (Å²) >= 11 is 0. The van der Waals surface area contributed by atoms with Crippen molar-refractivity contribution in [2.45, 2.75) is 76.5 Å². The summed E-state index contributed by atoms with van der Waals surface area (Å²) in [6, 6.07) is 8.96. The number of aliphatic hydroxyl groups is 1. The first-order valence-electron chi connectivity index (χ1n) is 9.82. The Hall–Kier alpha value is -1.39. The van der Waals surface area contributed by atoms with Gasteiger partial charge in [-0.15, -0.1) is 0 Å². The molecule has 4 nitrogen and oxygen atoms in total. The maximum Gasteiger partial charge on any atom is 0.256 e. The van der Waals surface area contributed by atoms with Crippen molar-refractivity contribution in [3.63, 3.8) is 0 Å². The van der Waals surface area contributed by atoms with E-state index in [9.17, 15) is 9.90 Å². The van der Waals surface area contributed by atoms with Crippen molar-refractivity contribution in [2.24, 2.45) is 0 Å². The minimum Gasteiger partial charge on any atom is -0.379 e. The van der Waals surface area contributed by atoms with Gasteiger partial charge < -0.3 is 15.3 Å². The Kier molecular flexibility index (Phi) is 5.80. The predicted molar refractivity (Wildman–Crippen MR) is 100 cm³/mol. The van der Waals surface area contributed by atoms with Gasteiger partial charge in [-0.1, -0.05) is 51.0 Å². The highest BCUT2D eigenvalue weighted by atomic mass is 16.3. The lowest BCUT2D eigenvalue weighted by atomic mass is 9.91. The fourth-order valence-corrected chi connectivity index (χ4v) is 4.05. The van der Waals surface area contributed by atoms with Gasteiger partial charge in [-0.25, -0.2) is 0 Å². The zero-order valence-corrected chi connectivity index (χ0v) is 15.6. The Bertz CT molecular complexity index is 578. The van der Waals surface area contributed by atoms with Crippen molar-refractivity contribution < 1.29 is 9.90 Å². The molecule has 0 spiro atoms. The number of piperidine rings is 1. The predicted octanol–water partition coefficient (Wildman–Crippen LogP) is 3.20. The average molecular weight is 344 g/mol.